The van der Waals surface area contributed by atoms with Crippen molar-refractivity contribution in [3.05, 3.63) is 79.8 Å². The van der Waals surface area contributed by atoms with Crippen molar-refractivity contribution < 1.29 is 14.4 Å². The molecule has 1 fully saturated rings. The monoisotopic (exact) mass is 493 g/mol. The molecule has 0 saturated carbocycles. The molecule has 1 aliphatic carbocycles. The number of carbonyl (C=O) groups excluding carboxylic acids is 2. The second kappa shape index (κ2) is 6.96. The number of benzene rings is 2. The van der Waals surface area contributed by atoms with Gasteiger partial charge in [0.1, 0.15) is 0 Å². The Kier molecular flexibility index (Phi) is 4.51. The summed E-state index contributed by atoms with van der Waals surface area (Å²) in [6.07, 6.45) is 0.425. The van der Waals surface area contributed by atoms with Crippen LogP contribution in [-0.2, 0) is 20.8 Å². The van der Waals surface area contributed by atoms with E-state index in [1.807, 2.05) is 24.3 Å². The number of halogens is 2. The number of carbonyl (C=O) groups is 2. The Morgan fingerprint density at radius 2 is 1.62 bits per heavy atom. The van der Waals surface area contributed by atoms with Gasteiger partial charge in [-0.25, -0.2) is 0 Å². The first-order valence-corrected chi connectivity index (χ1v) is 11.2. The summed E-state index contributed by atoms with van der Waals surface area (Å²) in [4.78, 5) is 31.6. The fourth-order valence-electron chi connectivity index (χ4n) is 4.39. The van der Waals surface area contributed by atoms with Crippen LogP contribution < -0.4 is 5.48 Å². The molecular formula is C20H13Cl2N3O3Se. The molecule has 0 bridgehead atoms. The van der Waals surface area contributed by atoms with Gasteiger partial charge < -0.3 is 0 Å². The zero-order valence-corrected chi connectivity index (χ0v) is 18.0. The Hall–Kier alpha value is -2.18. The summed E-state index contributed by atoms with van der Waals surface area (Å²) >= 11 is 11.9. The molecule has 1 saturated heterocycles. The number of hydroxylamine groups is 1. The molecule has 0 radical (unpaired) electrons. The fraction of sp³-hybridized carbons (Fsp3) is 0.200. The molecule has 1 amide bonds. The zero-order chi connectivity index (χ0) is 20.2. The third-order valence-corrected chi connectivity index (χ3v) is 7.92. The number of hydrogen-bond donors (Lipinski definition) is 1. The first-order chi connectivity index (χ1) is 14.0. The van der Waals surface area contributed by atoms with E-state index in [1.165, 1.54) is 0 Å². The standard InChI is InChI=1S/C20H13Cl2N3O3Se/c21-12-5-1-10(2-6-12)14-9-15-17(29-25-23-15)16(11-3-7-13(22)8-4-11)20(14)18(26)24-28-19(20)27/h1-8,14,16H,9H2,(H,24,26). The Labute approximate surface area is 182 Å². The van der Waals surface area contributed by atoms with Gasteiger partial charge in [-0.15, -0.1) is 0 Å². The number of nitrogens with one attached hydrogen (secondary N) is 1. The summed E-state index contributed by atoms with van der Waals surface area (Å²) in [6.45, 7) is 0. The van der Waals surface area contributed by atoms with Crippen molar-refractivity contribution in [2.24, 2.45) is 5.41 Å². The van der Waals surface area contributed by atoms with Crippen molar-refractivity contribution in [3.8, 4) is 0 Å². The van der Waals surface area contributed by atoms with Gasteiger partial charge in [-0.3, -0.25) is 0 Å². The molecule has 1 aliphatic heterocycles. The van der Waals surface area contributed by atoms with Gasteiger partial charge in [0, 0.05) is 0 Å². The van der Waals surface area contributed by atoms with Gasteiger partial charge in [-0.1, -0.05) is 0 Å². The Morgan fingerprint density at radius 3 is 2.21 bits per heavy atom. The van der Waals surface area contributed by atoms with Gasteiger partial charge in [-0.05, 0) is 0 Å². The van der Waals surface area contributed by atoms with Crippen molar-refractivity contribution in [2.45, 2.75) is 18.3 Å². The summed E-state index contributed by atoms with van der Waals surface area (Å²) < 4.78 is 5.18. The number of amides is 1. The number of aromatic nitrogens is 2. The van der Waals surface area contributed by atoms with Crippen LogP contribution in [0.3, 0.4) is 0 Å². The average Bonchev–Trinajstić information content (AvgIpc) is 3.30. The summed E-state index contributed by atoms with van der Waals surface area (Å²) in [6, 6.07) is 14.4. The average molecular weight is 493 g/mol. The van der Waals surface area contributed by atoms with Gasteiger partial charge in [-0.2, -0.15) is 0 Å². The molecule has 1 spiro atoms. The fourth-order valence-corrected chi connectivity index (χ4v) is 6.49. The third-order valence-electron chi connectivity index (χ3n) is 5.68. The van der Waals surface area contributed by atoms with Crippen LogP contribution in [0.5, 0.6) is 0 Å². The summed E-state index contributed by atoms with van der Waals surface area (Å²) in [5.74, 6) is -2.04. The second-order valence-electron chi connectivity index (χ2n) is 7.07. The molecule has 3 aromatic rings. The molecule has 6 nitrogen and oxygen atoms in total. The van der Waals surface area contributed by atoms with Crippen LogP contribution in [0.15, 0.2) is 48.5 Å². The van der Waals surface area contributed by atoms with Gasteiger partial charge in [0.05, 0.1) is 0 Å². The van der Waals surface area contributed by atoms with E-state index in [-0.39, 0.29) is 14.7 Å². The Balaban J connectivity index is 1.79. The molecule has 2 aromatic carbocycles. The summed E-state index contributed by atoms with van der Waals surface area (Å²) in [7, 11) is 0. The van der Waals surface area contributed by atoms with E-state index in [2.05, 4.69) is 14.7 Å². The molecule has 9 heteroatoms. The number of rotatable bonds is 2. The van der Waals surface area contributed by atoms with Crippen LogP contribution in [0, 0.1) is 5.41 Å². The van der Waals surface area contributed by atoms with Crippen LogP contribution in [0.4, 0.5) is 0 Å². The van der Waals surface area contributed by atoms with Gasteiger partial charge >= 0.3 is 182 Å². The van der Waals surface area contributed by atoms with E-state index in [1.54, 1.807) is 24.3 Å². The molecule has 1 N–H and O–H groups in total. The Bertz CT molecular complexity index is 1100. The minimum atomic E-state index is -1.45. The SMILES string of the molecule is O=C1NOC(=O)C12C(c1ccc(Cl)cc1)Cc1nn[se]c1C2c1ccc(Cl)cc1. The molecule has 2 aliphatic rings. The van der Waals surface area contributed by atoms with Crippen molar-refractivity contribution in [3.63, 3.8) is 0 Å². The maximum atomic E-state index is 13.3. The topological polar surface area (TPSA) is 81.2 Å². The first kappa shape index (κ1) is 18.8. The third kappa shape index (κ3) is 2.76. The first-order valence-electron chi connectivity index (χ1n) is 8.85. The van der Waals surface area contributed by atoms with Gasteiger partial charge in [0.15, 0.2) is 0 Å². The van der Waals surface area contributed by atoms with Crippen LogP contribution >= 0.6 is 23.2 Å². The predicted molar refractivity (Wildman–Crippen MR) is 107 cm³/mol. The summed E-state index contributed by atoms with van der Waals surface area (Å²) in [5, 5.41) is 5.50. The van der Waals surface area contributed by atoms with Crippen molar-refractivity contribution in [1.29, 1.82) is 0 Å². The Morgan fingerprint density at radius 1 is 1.00 bits per heavy atom. The normalized spacial score (nSPS) is 25.6. The zero-order valence-electron chi connectivity index (χ0n) is 14.8. The van der Waals surface area contributed by atoms with E-state index in [4.69, 9.17) is 28.0 Å². The van der Waals surface area contributed by atoms with Gasteiger partial charge in [0.25, 0.3) is 0 Å². The van der Waals surface area contributed by atoms with E-state index in [0.29, 0.717) is 16.5 Å². The van der Waals surface area contributed by atoms with E-state index in [0.717, 1.165) is 21.3 Å². The maximum absolute atomic E-state index is 13.3. The predicted octanol–water partition coefficient (Wildman–Crippen LogP) is 2.89. The quantitative estimate of drug-likeness (QED) is 0.439. The van der Waals surface area contributed by atoms with Gasteiger partial charge in [0.2, 0.25) is 0 Å². The van der Waals surface area contributed by atoms with Crippen molar-refractivity contribution in [1.82, 2.24) is 14.7 Å². The molecule has 2 heterocycles. The number of fused-ring (bicyclic) bond motifs is 1. The van der Waals surface area contributed by atoms with Crippen LogP contribution in [0.25, 0.3) is 0 Å². The molecule has 3 atom stereocenters. The van der Waals surface area contributed by atoms with E-state index < -0.39 is 29.1 Å². The van der Waals surface area contributed by atoms with Crippen LogP contribution in [0.1, 0.15) is 33.1 Å². The van der Waals surface area contributed by atoms with E-state index >= 15 is 0 Å². The summed E-state index contributed by atoms with van der Waals surface area (Å²) in [5.41, 5.74) is 3.34. The molecular weight excluding hydrogens is 480 g/mol. The molecule has 29 heavy (non-hydrogen) atoms. The second-order valence-corrected chi connectivity index (χ2v) is 9.59. The number of nitrogens with zero attached hydrogens (tertiary/aromatic N) is 2. The number of hydrogen-bond acceptors (Lipinski definition) is 5. The van der Waals surface area contributed by atoms with Crippen LogP contribution in [0.2, 0.25) is 10.0 Å². The van der Waals surface area contributed by atoms with Crippen LogP contribution in [-0.4, -0.2) is 35.8 Å². The minimum absolute atomic E-state index is 0.291. The molecule has 146 valence electrons. The van der Waals surface area contributed by atoms with Crippen molar-refractivity contribution in [2.75, 3.05) is 0 Å². The van der Waals surface area contributed by atoms with E-state index in [9.17, 15) is 9.59 Å². The van der Waals surface area contributed by atoms with Crippen molar-refractivity contribution >= 4 is 49.8 Å². The molecule has 5 rings (SSSR count). The molecule has 1 aromatic heterocycles. The molecule has 3 unspecified atom stereocenters.